The fourth-order valence-corrected chi connectivity index (χ4v) is 3.56. The van der Waals surface area contributed by atoms with Gasteiger partial charge in [-0.15, -0.1) is 0 Å². The number of aryl methyl sites for hydroxylation is 1. The molecule has 3 aliphatic heterocycles. The van der Waals surface area contributed by atoms with Crippen molar-refractivity contribution in [1.29, 1.82) is 0 Å². The fraction of sp³-hybridized carbons (Fsp3) is 0.529. The van der Waals surface area contributed by atoms with Crippen LogP contribution in [0.2, 0.25) is 0 Å². The summed E-state index contributed by atoms with van der Waals surface area (Å²) in [5.41, 5.74) is 0.134. The number of nitrogens with zero attached hydrogens (tertiary/aromatic N) is 4. The highest BCUT2D eigenvalue weighted by molar-refractivity contribution is 6.40. The number of hydrogen-bond acceptors (Lipinski definition) is 6. The van der Waals surface area contributed by atoms with E-state index in [1.807, 2.05) is 0 Å². The Labute approximate surface area is 149 Å². The minimum absolute atomic E-state index is 0.118. The molecular weight excluding hydrogens is 340 g/mol. The van der Waals surface area contributed by atoms with Crippen molar-refractivity contribution < 1.29 is 19.2 Å². The van der Waals surface area contributed by atoms with Gasteiger partial charge in [0.2, 0.25) is 0 Å². The third kappa shape index (κ3) is 2.78. The van der Waals surface area contributed by atoms with Crippen molar-refractivity contribution in [3.63, 3.8) is 0 Å². The summed E-state index contributed by atoms with van der Waals surface area (Å²) in [6, 6.07) is 3.18. The van der Waals surface area contributed by atoms with Gasteiger partial charge >= 0.3 is 0 Å². The molecule has 2 saturated heterocycles. The van der Waals surface area contributed by atoms with Gasteiger partial charge in [-0.1, -0.05) is 5.16 Å². The largest absolute Gasteiger partial charge is 0.389 e. The van der Waals surface area contributed by atoms with Gasteiger partial charge in [0.15, 0.2) is 11.8 Å². The molecule has 9 heteroatoms. The summed E-state index contributed by atoms with van der Waals surface area (Å²) in [5, 5.41) is 3.97. The summed E-state index contributed by atoms with van der Waals surface area (Å²) in [7, 11) is 1.60. The molecule has 0 aromatic carbocycles. The van der Waals surface area contributed by atoms with Crippen LogP contribution in [-0.2, 0) is 21.4 Å². The first-order chi connectivity index (χ1) is 12.6. The molecule has 4 heterocycles. The third-order valence-corrected chi connectivity index (χ3v) is 5.06. The highest BCUT2D eigenvalue weighted by Crippen LogP contribution is 2.28. The Kier molecular flexibility index (Phi) is 4.23. The predicted octanol–water partition coefficient (Wildman–Crippen LogP) is -0.929. The Balaban J connectivity index is 1.49. The van der Waals surface area contributed by atoms with Crippen LogP contribution in [0.1, 0.15) is 10.4 Å². The van der Waals surface area contributed by atoms with Crippen LogP contribution in [0.25, 0.3) is 0 Å². The molecule has 2 amide bonds. The zero-order chi connectivity index (χ0) is 18.3. The van der Waals surface area contributed by atoms with Gasteiger partial charge in [-0.3, -0.25) is 14.4 Å². The number of rotatable bonds is 2. The van der Waals surface area contributed by atoms with E-state index in [0.717, 1.165) is 0 Å². The Bertz CT molecular complexity index is 827. The van der Waals surface area contributed by atoms with Crippen molar-refractivity contribution in [2.24, 2.45) is 18.1 Å². The molecule has 2 fully saturated rings. The number of carbonyl (C=O) groups excluding carboxylic acids is 2. The number of morpholine rings is 1. The molecule has 138 valence electrons. The number of aromatic nitrogens is 1. The maximum atomic E-state index is 12.7. The number of oxime groups is 1. The molecule has 0 spiro atoms. The van der Waals surface area contributed by atoms with Gasteiger partial charge in [-0.05, 0) is 12.1 Å². The van der Waals surface area contributed by atoms with Crippen molar-refractivity contribution in [1.82, 2.24) is 14.4 Å². The number of likely N-dealkylation sites (tertiary alicyclic amines) is 1. The van der Waals surface area contributed by atoms with Gasteiger partial charge in [-0.25, -0.2) is 0 Å². The number of amides is 2. The standard InChI is InChI=1S/C17H20N4O5/c1-19-4-2-3-11(15(19)22)16(23)21-9-12-13(10-21)26-18-14(12)17(24)20-5-7-25-8-6-20/h2-4,12-13H,5-10H2,1H3/t12-,13+/m0/s1. The first-order valence-electron chi connectivity index (χ1n) is 8.62. The van der Waals surface area contributed by atoms with Gasteiger partial charge in [0.1, 0.15) is 5.56 Å². The van der Waals surface area contributed by atoms with Gasteiger partial charge in [0.25, 0.3) is 17.4 Å². The first kappa shape index (κ1) is 16.8. The Morgan fingerprint density at radius 1 is 1.15 bits per heavy atom. The quantitative estimate of drug-likeness (QED) is 0.679. The van der Waals surface area contributed by atoms with Crippen LogP contribution < -0.4 is 5.56 Å². The summed E-state index contributed by atoms with van der Waals surface area (Å²) in [6.07, 6.45) is 1.26. The summed E-state index contributed by atoms with van der Waals surface area (Å²) in [4.78, 5) is 46.3. The van der Waals surface area contributed by atoms with Crippen LogP contribution in [0.5, 0.6) is 0 Å². The van der Waals surface area contributed by atoms with Crippen molar-refractivity contribution in [3.8, 4) is 0 Å². The minimum atomic E-state index is -0.345. The van der Waals surface area contributed by atoms with E-state index in [4.69, 9.17) is 9.57 Å². The molecule has 0 aliphatic carbocycles. The van der Waals surface area contributed by atoms with E-state index in [1.165, 1.54) is 10.6 Å². The predicted molar refractivity (Wildman–Crippen MR) is 90.8 cm³/mol. The molecular formula is C17H20N4O5. The van der Waals surface area contributed by atoms with Crippen molar-refractivity contribution in [3.05, 3.63) is 34.2 Å². The lowest BCUT2D eigenvalue weighted by atomic mass is 10.00. The fourth-order valence-electron chi connectivity index (χ4n) is 3.56. The highest BCUT2D eigenvalue weighted by Gasteiger charge is 2.47. The van der Waals surface area contributed by atoms with E-state index < -0.39 is 0 Å². The lowest BCUT2D eigenvalue weighted by Crippen LogP contribution is -2.46. The summed E-state index contributed by atoms with van der Waals surface area (Å²) in [6.45, 7) is 2.70. The smallest absolute Gasteiger partial charge is 0.272 e. The molecule has 4 rings (SSSR count). The van der Waals surface area contributed by atoms with Crippen molar-refractivity contribution in [2.75, 3.05) is 39.4 Å². The number of hydrogen-bond donors (Lipinski definition) is 0. The van der Waals surface area contributed by atoms with Gasteiger partial charge in [0, 0.05) is 32.9 Å². The minimum Gasteiger partial charge on any atom is -0.389 e. The van der Waals surface area contributed by atoms with Crippen LogP contribution in [0, 0.1) is 5.92 Å². The second-order valence-electron chi connectivity index (χ2n) is 6.68. The highest BCUT2D eigenvalue weighted by atomic mass is 16.6. The molecule has 3 aliphatic rings. The molecule has 2 atom stereocenters. The Hall–Kier alpha value is -2.68. The molecule has 0 saturated carbocycles. The average molecular weight is 360 g/mol. The zero-order valence-corrected chi connectivity index (χ0v) is 14.5. The Morgan fingerprint density at radius 2 is 1.92 bits per heavy atom. The molecule has 1 aromatic heterocycles. The topological polar surface area (TPSA) is 93.4 Å². The van der Waals surface area contributed by atoms with E-state index in [1.54, 1.807) is 29.1 Å². The first-order valence-corrected chi connectivity index (χ1v) is 8.62. The van der Waals surface area contributed by atoms with E-state index in [2.05, 4.69) is 5.16 Å². The van der Waals surface area contributed by atoms with Crippen LogP contribution in [0.4, 0.5) is 0 Å². The summed E-state index contributed by atoms with van der Waals surface area (Å²) >= 11 is 0. The normalized spacial score (nSPS) is 24.9. The number of carbonyl (C=O) groups is 2. The molecule has 0 radical (unpaired) electrons. The molecule has 0 N–H and O–H groups in total. The van der Waals surface area contributed by atoms with Crippen LogP contribution in [-0.4, -0.2) is 77.4 Å². The maximum absolute atomic E-state index is 12.7. The molecule has 26 heavy (non-hydrogen) atoms. The van der Waals surface area contributed by atoms with Gasteiger partial charge in [0.05, 0.1) is 25.7 Å². The Morgan fingerprint density at radius 3 is 2.69 bits per heavy atom. The van der Waals surface area contributed by atoms with E-state index in [9.17, 15) is 14.4 Å². The number of ether oxygens (including phenoxy) is 1. The van der Waals surface area contributed by atoms with Crippen molar-refractivity contribution >= 4 is 17.5 Å². The van der Waals surface area contributed by atoms with Crippen molar-refractivity contribution in [2.45, 2.75) is 6.10 Å². The second-order valence-corrected chi connectivity index (χ2v) is 6.68. The SMILES string of the molecule is Cn1cccc(C(=O)N2C[C@@H]3C(C(=O)N4CCOCC4)=NO[C@@H]3C2)c1=O. The molecule has 9 nitrogen and oxygen atoms in total. The molecule has 0 bridgehead atoms. The second kappa shape index (κ2) is 6.56. The van der Waals surface area contributed by atoms with E-state index in [-0.39, 0.29) is 35.0 Å². The molecule has 1 aromatic rings. The molecule has 0 unspecified atom stereocenters. The lowest BCUT2D eigenvalue weighted by molar-refractivity contribution is -0.128. The number of pyridine rings is 1. The van der Waals surface area contributed by atoms with E-state index >= 15 is 0 Å². The van der Waals surface area contributed by atoms with Crippen LogP contribution >= 0.6 is 0 Å². The van der Waals surface area contributed by atoms with Gasteiger partial charge < -0.3 is 23.9 Å². The monoisotopic (exact) mass is 360 g/mol. The lowest BCUT2D eigenvalue weighted by Gasteiger charge is -2.27. The van der Waals surface area contributed by atoms with Crippen LogP contribution in [0.3, 0.4) is 0 Å². The zero-order valence-electron chi connectivity index (χ0n) is 14.5. The van der Waals surface area contributed by atoms with Gasteiger partial charge in [-0.2, -0.15) is 0 Å². The third-order valence-electron chi connectivity index (χ3n) is 5.06. The average Bonchev–Trinajstić information content (AvgIpc) is 3.24. The maximum Gasteiger partial charge on any atom is 0.272 e. The van der Waals surface area contributed by atoms with Crippen LogP contribution in [0.15, 0.2) is 28.3 Å². The number of fused-ring (bicyclic) bond motifs is 1. The summed E-state index contributed by atoms with van der Waals surface area (Å²) < 4.78 is 6.64. The van der Waals surface area contributed by atoms with E-state index in [0.29, 0.717) is 45.1 Å². The summed E-state index contributed by atoms with van der Waals surface area (Å²) in [5.74, 6) is -0.769.